The average molecular weight is 384 g/mol. The molecule has 6 heteroatoms. The number of hydrogen-bond donors (Lipinski definition) is 1. The number of hydrogen-bond acceptors (Lipinski definition) is 6. The van der Waals surface area contributed by atoms with Crippen LogP contribution in [0.4, 0.5) is 0 Å². The van der Waals surface area contributed by atoms with E-state index in [2.05, 4.69) is 11.7 Å². The molecule has 0 saturated heterocycles. The summed E-state index contributed by atoms with van der Waals surface area (Å²) in [6.07, 6.45) is 4.10. The lowest BCUT2D eigenvalue weighted by atomic mass is 9.79. The number of esters is 1. The molecule has 0 saturated carbocycles. The van der Waals surface area contributed by atoms with E-state index in [-0.39, 0.29) is 5.78 Å². The van der Waals surface area contributed by atoms with Gasteiger partial charge in [0.25, 0.3) is 5.79 Å². The highest BCUT2D eigenvalue weighted by Gasteiger charge is 2.47. The van der Waals surface area contributed by atoms with Crippen molar-refractivity contribution in [1.29, 1.82) is 0 Å². The van der Waals surface area contributed by atoms with Gasteiger partial charge in [-0.1, -0.05) is 56.2 Å². The molecule has 148 valence electrons. The first kappa shape index (κ1) is 20.2. The van der Waals surface area contributed by atoms with Crippen LogP contribution in [0.2, 0.25) is 0 Å². The maximum absolute atomic E-state index is 13.1. The molecule has 3 rings (SSSR count). The van der Waals surface area contributed by atoms with Gasteiger partial charge >= 0.3 is 5.97 Å². The fourth-order valence-corrected chi connectivity index (χ4v) is 3.56. The maximum atomic E-state index is 13.1. The molecule has 28 heavy (non-hydrogen) atoms. The van der Waals surface area contributed by atoms with Crippen LogP contribution >= 0.6 is 0 Å². The lowest BCUT2D eigenvalue weighted by molar-refractivity contribution is -0.394. The van der Waals surface area contributed by atoms with E-state index in [1.54, 1.807) is 30.3 Å². The van der Waals surface area contributed by atoms with Gasteiger partial charge < -0.3 is 9.47 Å². The molecule has 0 radical (unpaired) electrons. The number of aryl methyl sites for hydroxylation is 1. The Morgan fingerprint density at radius 2 is 1.82 bits per heavy atom. The molecule has 0 bridgehead atoms. The zero-order chi connectivity index (χ0) is 20.1. The van der Waals surface area contributed by atoms with Gasteiger partial charge in [-0.15, -0.1) is 0 Å². The van der Waals surface area contributed by atoms with Crippen LogP contribution in [0.5, 0.6) is 0 Å². The normalized spacial score (nSPS) is 17.8. The number of unbranched alkanes of at least 4 members (excludes halogenated alkanes) is 2. The van der Waals surface area contributed by atoms with E-state index in [0.717, 1.165) is 31.2 Å². The van der Waals surface area contributed by atoms with Gasteiger partial charge in [-0.3, -0.25) is 4.79 Å². The lowest BCUT2D eigenvalue weighted by Gasteiger charge is -2.36. The Morgan fingerprint density at radius 1 is 1.07 bits per heavy atom. The first-order valence-corrected chi connectivity index (χ1v) is 9.38. The highest BCUT2D eigenvalue weighted by molar-refractivity contribution is 6.13. The third kappa shape index (κ3) is 3.58. The van der Waals surface area contributed by atoms with Crippen molar-refractivity contribution in [2.24, 2.45) is 0 Å². The lowest BCUT2D eigenvalue weighted by Crippen LogP contribution is -2.41. The predicted molar refractivity (Wildman–Crippen MR) is 102 cm³/mol. The molecule has 0 aromatic heterocycles. The number of carbonyl (C=O) groups excluding carboxylic acids is 2. The summed E-state index contributed by atoms with van der Waals surface area (Å²) >= 11 is 0. The largest absolute Gasteiger partial charge is 0.467 e. The van der Waals surface area contributed by atoms with Gasteiger partial charge in [0.05, 0.1) is 7.11 Å². The first-order valence-electron chi connectivity index (χ1n) is 9.38. The molecule has 0 heterocycles. The highest BCUT2D eigenvalue weighted by Crippen LogP contribution is 2.43. The van der Waals surface area contributed by atoms with E-state index in [4.69, 9.17) is 9.62 Å². The second-order valence-corrected chi connectivity index (χ2v) is 6.78. The smallest absolute Gasteiger partial charge is 0.331 e. The Kier molecular flexibility index (Phi) is 6.24. The summed E-state index contributed by atoms with van der Waals surface area (Å²) in [6, 6.07) is 12.2. The number of methoxy groups -OCH3 is 1. The number of benzene rings is 2. The zero-order valence-electron chi connectivity index (χ0n) is 16.1. The number of ketones is 1. The molecule has 1 unspecified atom stereocenters. The third-order valence-electron chi connectivity index (χ3n) is 5.03. The van der Waals surface area contributed by atoms with Crippen molar-refractivity contribution in [3.05, 3.63) is 70.3 Å². The molecule has 1 aliphatic carbocycles. The molecule has 0 spiro atoms. The molecule has 2 aromatic rings. The van der Waals surface area contributed by atoms with Gasteiger partial charge in [-0.25, -0.2) is 10.1 Å². The van der Waals surface area contributed by atoms with Crippen molar-refractivity contribution < 1.29 is 29.2 Å². The predicted octanol–water partition coefficient (Wildman–Crippen LogP) is 3.84. The van der Waals surface area contributed by atoms with Gasteiger partial charge in [0.15, 0.2) is 5.78 Å². The minimum atomic E-state index is -1.78. The summed E-state index contributed by atoms with van der Waals surface area (Å²) in [6.45, 7) is 1.69. The Labute approximate surface area is 164 Å². The van der Waals surface area contributed by atoms with Crippen LogP contribution in [0.25, 0.3) is 0 Å². The first-order chi connectivity index (χ1) is 13.6. The Balaban J connectivity index is 2.09. The van der Waals surface area contributed by atoms with E-state index in [1.165, 1.54) is 7.11 Å². The van der Waals surface area contributed by atoms with E-state index in [0.29, 0.717) is 22.3 Å². The second kappa shape index (κ2) is 8.65. The maximum Gasteiger partial charge on any atom is 0.331 e. The van der Waals surface area contributed by atoms with E-state index in [9.17, 15) is 14.8 Å². The Hall–Kier alpha value is -2.54. The number of ether oxygens (including phenoxy) is 2. The minimum absolute atomic E-state index is 0.169. The summed E-state index contributed by atoms with van der Waals surface area (Å²) < 4.78 is 10.3. The Bertz CT molecular complexity index is 875. The topological polar surface area (TPSA) is 82.1 Å². The van der Waals surface area contributed by atoms with Crippen molar-refractivity contribution >= 4 is 11.8 Å². The average Bonchev–Trinajstić information content (AvgIpc) is 2.74. The Morgan fingerprint density at radius 3 is 2.54 bits per heavy atom. The highest BCUT2D eigenvalue weighted by atomic mass is 17.1. The van der Waals surface area contributed by atoms with Gasteiger partial charge in [0.2, 0.25) is 0 Å². The van der Waals surface area contributed by atoms with Crippen molar-refractivity contribution in [2.75, 3.05) is 13.7 Å². The molecule has 1 aliphatic rings. The van der Waals surface area contributed by atoms with Crippen LogP contribution in [0.1, 0.15) is 58.8 Å². The summed E-state index contributed by atoms with van der Waals surface area (Å²) in [5.41, 5.74) is 2.49. The van der Waals surface area contributed by atoms with Gasteiger partial charge in [0.1, 0.15) is 6.61 Å². The quantitative estimate of drug-likeness (QED) is 0.245. The molecule has 0 amide bonds. The van der Waals surface area contributed by atoms with E-state index >= 15 is 0 Å². The standard InChI is InChI=1S/C22H24O6/c1-3-4-5-8-15-11-12-19-17(13-15)21(24)16-9-6-7-10-18(16)22(19,28-25)27-14-20(23)26-2/h6-7,9-13,25H,3-5,8,14H2,1-2H3. The minimum Gasteiger partial charge on any atom is -0.467 e. The molecule has 1 N–H and O–H groups in total. The third-order valence-corrected chi connectivity index (χ3v) is 5.03. The van der Waals surface area contributed by atoms with Crippen LogP contribution in [-0.4, -0.2) is 30.7 Å². The van der Waals surface area contributed by atoms with Crippen molar-refractivity contribution in [3.8, 4) is 0 Å². The fourth-order valence-electron chi connectivity index (χ4n) is 3.56. The monoisotopic (exact) mass is 384 g/mol. The van der Waals surface area contributed by atoms with Crippen LogP contribution < -0.4 is 0 Å². The van der Waals surface area contributed by atoms with Crippen molar-refractivity contribution in [2.45, 2.75) is 38.4 Å². The van der Waals surface area contributed by atoms with Crippen molar-refractivity contribution in [1.82, 2.24) is 0 Å². The molecule has 1 atom stereocenters. The molecule has 0 fully saturated rings. The van der Waals surface area contributed by atoms with E-state index in [1.807, 2.05) is 12.1 Å². The number of rotatable bonds is 8. The van der Waals surface area contributed by atoms with E-state index < -0.39 is 18.4 Å². The van der Waals surface area contributed by atoms with Crippen LogP contribution in [-0.2, 0) is 31.4 Å². The summed E-state index contributed by atoms with van der Waals surface area (Å²) in [4.78, 5) is 29.6. The van der Waals surface area contributed by atoms with Gasteiger partial charge in [0, 0.05) is 22.3 Å². The molecule has 6 nitrogen and oxygen atoms in total. The molecular formula is C22H24O6. The fraction of sp³-hybridized carbons (Fsp3) is 0.364. The summed E-state index contributed by atoms with van der Waals surface area (Å²) in [7, 11) is 1.24. The number of fused-ring (bicyclic) bond motifs is 2. The van der Waals surface area contributed by atoms with Crippen LogP contribution in [0.15, 0.2) is 42.5 Å². The van der Waals surface area contributed by atoms with Gasteiger partial charge in [-0.05, 0) is 24.5 Å². The summed E-state index contributed by atoms with van der Waals surface area (Å²) in [5, 5.41) is 9.86. The molecule has 0 aliphatic heterocycles. The number of carbonyl (C=O) groups is 2. The zero-order valence-corrected chi connectivity index (χ0v) is 16.1. The molecular weight excluding hydrogens is 360 g/mol. The van der Waals surface area contributed by atoms with Crippen LogP contribution in [0, 0.1) is 0 Å². The SMILES string of the molecule is CCCCCc1ccc2c(c1)C(=O)c1ccccc1C2(OO)OCC(=O)OC. The second-order valence-electron chi connectivity index (χ2n) is 6.78. The van der Waals surface area contributed by atoms with Gasteiger partial charge in [-0.2, -0.15) is 4.89 Å². The van der Waals surface area contributed by atoms with Crippen molar-refractivity contribution in [3.63, 3.8) is 0 Å². The van der Waals surface area contributed by atoms with Crippen LogP contribution in [0.3, 0.4) is 0 Å². The molecule has 2 aromatic carbocycles. The summed E-state index contributed by atoms with van der Waals surface area (Å²) in [5.74, 6) is -2.57.